The molecule has 2 amide bonds. The van der Waals surface area contributed by atoms with Crippen LogP contribution in [-0.2, 0) is 9.53 Å². The van der Waals surface area contributed by atoms with Gasteiger partial charge in [-0.05, 0) is 33.6 Å². The van der Waals surface area contributed by atoms with Crippen molar-refractivity contribution < 1.29 is 14.3 Å². The molecule has 0 unspecified atom stereocenters. The highest BCUT2D eigenvalue weighted by Gasteiger charge is 2.42. The highest BCUT2D eigenvalue weighted by Crippen LogP contribution is 2.37. The third kappa shape index (κ3) is 5.09. The molecule has 2 rings (SSSR count). The third-order valence-electron chi connectivity index (χ3n) is 4.64. The smallest absolute Gasteiger partial charge is 0.407 e. The predicted octanol–water partition coefficient (Wildman–Crippen LogP) is 1.89. The van der Waals surface area contributed by atoms with E-state index in [-0.39, 0.29) is 5.91 Å². The van der Waals surface area contributed by atoms with Crippen LogP contribution in [0.25, 0.3) is 0 Å². The van der Waals surface area contributed by atoms with Gasteiger partial charge in [0, 0.05) is 32.7 Å². The first-order valence-corrected chi connectivity index (χ1v) is 8.79. The summed E-state index contributed by atoms with van der Waals surface area (Å²) in [4.78, 5) is 27.0. The topological polar surface area (TPSA) is 70.7 Å². The summed E-state index contributed by atoms with van der Waals surface area (Å²) in [6.45, 7) is 9.12. The van der Waals surface area contributed by atoms with Crippen LogP contribution in [0.4, 0.5) is 4.79 Å². The molecule has 0 aromatic heterocycles. The Labute approximate surface area is 139 Å². The second-order valence-corrected chi connectivity index (χ2v) is 7.74. The van der Waals surface area contributed by atoms with Crippen molar-refractivity contribution in [3.63, 3.8) is 0 Å². The van der Waals surface area contributed by atoms with Crippen LogP contribution < -0.4 is 10.6 Å². The average Bonchev–Trinajstić information content (AvgIpc) is 2.52. The minimum absolute atomic E-state index is 0.203. The van der Waals surface area contributed by atoms with E-state index < -0.39 is 17.1 Å². The van der Waals surface area contributed by atoms with Gasteiger partial charge in [-0.15, -0.1) is 0 Å². The molecule has 1 saturated heterocycles. The molecule has 0 bridgehead atoms. The first-order valence-electron chi connectivity index (χ1n) is 8.79. The number of alkyl carbamates (subject to hydrolysis) is 1. The molecule has 0 radical (unpaired) electrons. The van der Waals surface area contributed by atoms with E-state index >= 15 is 0 Å². The number of amides is 2. The Kier molecular flexibility index (Phi) is 5.89. The number of carbonyl (C=O) groups excluding carboxylic acids is 2. The lowest BCUT2D eigenvalue weighted by atomic mass is 9.72. The zero-order valence-corrected chi connectivity index (χ0v) is 14.7. The van der Waals surface area contributed by atoms with Gasteiger partial charge in [-0.1, -0.05) is 19.3 Å². The summed E-state index contributed by atoms with van der Waals surface area (Å²) < 4.78 is 5.31. The molecule has 6 nitrogen and oxygen atoms in total. The summed E-state index contributed by atoms with van der Waals surface area (Å²) in [5.41, 5.74) is -0.973. The maximum atomic E-state index is 13.1. The van der Waals surface area contributed by atoms with Gasteiger partial charge in [-0.25, -0.2) is 4.79 Å². The van der Waals surface area contributed by atoms with Crippen LogP contribution in [0.2, 0.25) is 0 Å². The van der Waals surface area contributed by atoms with Crippen LogP contribution in [0.15, 0.2) is 0 Å². The summed E-state index contributed by atoms with van der Waals surface area (Å²) in [5.74, 6) is 0.203. The fraction of sp³-hybridized carbons (Fsp3) is 0.882. The average molecular weight is 325 g/mol. The summed E-state index contributed by atoms with van der Waals surface area (Å²) in [6.07, 6.45) is 4.54. The van der Waals surface area contributed by atoms with Crippen LogP contribution in [-0.4, -0.2) is 55.2 Å². The number of nitrogens with zero attached hydrogens (tertiary/aromatic N) is 1. The number of carbonyl (C=O) groups is 2. The van der Waals surface area contributed by atoms with E-state index in [4.69, 9.17) is 4.74 Å². The van der Waals surface area contributed by atoms with Crippen molar-refractivity contribution in [2.24, 2.45) is 5.41 Å². The fourth-order valence-electron chi connectivity index (χ4n) is 3.45. The van der Waals surface area contributed by atoms with Gasteiger partial charge in [0.2, 0.25) is 5.91 Å². The largest absolute Gasteiger partial charge is 0.444 e. The third-order valence-corrected chi connectivity index (χ3v) is 4.64. The number of piperazine rings is 1. The number of hydrogen-bond acceptors (Lipinski definition) is 4. The van der Waals surface area contributed by atoms with Crippen LogP contribution in [0.5, 0.6) is 0 Å². The molecule has 1 aliphatic heterocycles. The Morgan fingerprint density at radius 3 is 2.30 bits per heavy atom. The molecule has 0 spiro atoms. The Hall–Kier alpha value is -1.30. The number of ether oxygens (including phenoxy) is 1. The fourth-order valence-corrected chi connectivity index (χ4v) is 3.45. The normalized spacial score (nSPS) is 21.6. The van der Waals surface area contributed by atoms with E-state index in [1.54, 1.807) is 0 Å². The van der Waals surface area contributed by atoms with Gasteiger partial charge in [-0.2, -0.15) is 0 Å². The quantitative estimate of drug-likeness (QED) is 0.831. The van der Waals surface area contributed by atoms with E-state index in [2.05, 4.69) is 10.6 Å². The minimum Gasteiger partial charge on any atom is -0.444 e. The van der Waals surface area contributed by atoms with Crippen LogP contribution >= 0.6 is 0 Å². The lowest BCUT2D eigenvalue weighted by Crippen LogP contribution is -2.55. The second-order valence-electron chi connectivity index (χ2n) is 7.74. The van der Waals surface area contributed by atoms with Crippen molar-refractivity contribution in [1.82, 2.24) is 15.5 Å². The Morgan fingerprint density at radius 1 is 1.13 bits per heavy atom. The lowest BCUT2D eigenvalue weighted by molar-refractivity contribution is -0.144. The van der Waals surface area contributed by atoms with Crippen molar-refractivity contribution >= 4 is 12.0 Å². The van der Waals surface area contributed by atoms with E-state index in [1.165, 1.54) is 6.42 Å². The molecule has 2 aliphatic rings. The van der Waals surface area contributed by atoms with Gasteiger partial charge in [0.1, 0.15) is 5.60 Å². The highest BCUT2D eigenvalue weighted by atomic mass is 16.6. The molecule has 2 N–H and O–H groups in total. The SMILES string of the molecule is CC(C)(C)OC(=O)NCC1(C(=O)N2CCNCC2)CCCCC1. The van der Waals surface area contributed by atoms with E-state index in [0.29, 0.717) is 6.54 Å². The standard InChI is InChI=1S/C17H31N3O3/c1-16(2,3)23-15(22)19-13-17(7-5-4-6-8-17)14(21)20-11-9-18-10-12-20/h18H,4-13H2,1-3H3,(H,19,22). The molecule has 132 valence electrons. The first kappa shape index (κ1) is 18.0. The summed E-state index contributed by atoms with van der Waals surface area (Å²) in [6, 6.07) is 0. The van der Waals surface area contributed by atoms with Crippen molar-refractivity contribution in [3.05, 3.63) is 0 Å². The second kappa shape index (κ2) is 7.51. The van der Waals surface area contributed by atoms with Gasteiger partial charge in [0.15, 0.2) is 0 Å². The molecule has 1 aliphatic carbocycles. The molecule has 0 aromatic carbocycles. The van der Waals surface area contributed by atoms with Crippen molar-refractivity contribution in [2.45, 2.75) is 58.5 Å². The zero-order valence-electron chi connectivity index (χ0n) is 14.7. The van der Waals surface area contributed by atoms with Gasteiger partial charge >= 0.3 is 6.09 Å². The molecular formula is C17H31N3O3. The molecule has 23 heavy (non-hydrogen) atoms. The molecule has 0 atom stereocenters. The monoisotopic (exact) mass is 325 g/mol. The molecule has 2 fully saturated rings. The van der Waals surface area contributed by atoms with Crippen molar-refractivity contribution in [3.8, 4) is 0 Å². The molecule has 1 saturated carbocycles. The van der Waals surface area contributed by atoms with Crippen molar-refractivity contribution in [2.75, 3.05) is 32.7 Å². The Morgan fingerprint density at radius 2 is 1.74 bits per heavy atom. The number of rotatable bonds is 3. The summed E-state index contributed by atoms with van der Waals surface area (Å²) in [7, 11) is 0. The van der Waals surface area contributed by atoms with Crippen molar-refractivity contribution in [1.29, 1.82) is 0 Å². The molecule has 1 heterocycles. The zero-order chi connectivity index (χ0) is 16.9. The highest BCUT2D eigenvalue weighted by molar-refractivity contribution is 5.84. The Balaban J connectivity index is 2.00. The Bertz CT molecular complexity index is 419. The first-order chi connectivity index (χ1) is 10.8. The maximum absolute atomic E-state index is 13.1. The molecule has 6 heteroatoms. The maximum Gasteiger partial charge on any atom is 0.407 e. The van der Waals surface area contributed by atoms with Crippen LogP contribution in [0.3, 0.4) is 0 Å². The van der Waals surface area contributed by atoms with Gasteiger partial charge < -0.3 is 20.3 Å². The van der Waals surface area contributed by atoms with Gasteiger partial charge in [0.05, 0.1) is 5.41 Å². The lowest BCUT2D eigenvalue weighted by Gasteiger charge is -2.41. The van der Waals surface area contributed by atoms with Gasteiger partial charge in [-0.3, -0.25) is 4.79 Å². The van der Waals surface area contributed by atoms with E-state index in [0.717, 1.165) is 51.9 Å². The van der Waals surface area contributed by atoms with E-state index in [9.17, 15) is 9.59 Å². The summed E-state index contributed by atoms with van der Waals surface area (Å²) >= 11 is 0. The predicted molar refractivity (Wildman–Crippen MR) is 89.2 cm³/mol. The molecule has 0 aromatic rings. The number of hydrogen-bond donors (Lipinski definition) is 2. The van der Waals surface area contributed by atoms with Gasteiger partial charge in [0.25, 0.3) is 0 Å². The molecular weight excluding hydrogens is 294 g/mol. The van der Waals surface area contributed by atoms with E-state index in [1.807, 2.05) is 25.7 Å². The summed E-state index contributed by atoms with van der Waals surface area (Å²) in [5, 5.41) is 6.12. The van der Waals surface area contributed by atoms with Crippen LogP contribution in [0.1, 0.15) is 52.9 Å². The number of nitrogens with one attached hydrogen (secondary N) is 2. The van der Waals surface area contributed by atoms with Crippen LogP contribution in [0, 0.1) is 5.41 Å². The minimum atomic E-state index is -0.521.